The number of hydrogen-bond acceptors (Lipinski definition) is 0. The molecule has 0 aliphatic heterocycles. The van der Waals surface area contributed by atoms with Gasteiger partial charge in [-0.05, 0) is 6.42 Å². The molecule has 0 atom stereocenters. The normalized spacial score (nSPS) is 9.00. The molecule has 1 nitrogen and oxygen atoms in total. The van der Waals surface area contributed by atoms with Crippen molar-refractivity contribution in [2.45, 2.75) is 26.7 Å². The van der Waals surface area contributed by atoms with E-state index in [-0.39, 0.29) is 19.5 Å². The van der Waals surface area contributed by atoms with Gasteiger partial charge in [-0.2, -0.15) is 0 Å². The molecule has 1 aromatic heterocycles. The molecule has 2 heteroatoms. The molecule has 0 fully saturated rings. The van der Waals surface area contributed by atoms with Gasteiger partial charge >= 0.3 is 19.5 Å². The van der Waals surface area contributed by atoms with Gasteiger partial charge < -0.3 is 4.98 Å². The van der Waals surface area contributed by atoms with Crippen molar-refractivity contribution in [1.29, 1.82) is 0 Å². The van der Waals surface area contributed by atoms with E-state index in [4.69, 9.17) is 0 Å². The molecule has 1 heterocycles. The third kappa shape index (κ3) is 2.26. The third-order valence-electron chi connectivity index (χ3n) is 1.47. The monoisotopic (exact) mass is 224 g/mol. The molecule has 57 valence electrons. The minimum absolute atomic E-state index is 0. The molecule has 0 saturated heterocycles. The van der Waals surface area contributed by atoms with E-state index in [1.165, 1.54) is 11.4 Å². The van der Waals surface area contributed by atoms with E-state index in [1.807, 2.05) is 6.07 Å². The van der Waals surface area contributed by atoms with E-state index >= 15 is 0 Å². The Morgan fingerprint density at radius 3 is 2.40 bits per heavy atom. The summed E-state index contributed by atoms with van der Waals surface area (Å²) in [5.41, 5.74) is 2.50. The Morgan fingerprint density at radius 1 is 1.40 bits per heavy atom. The average molecular weight is 223 g/mol. The van der Waals surface area contributed by atoms with Crippen LogP contribution in [0.5, 0.6) is 0 Å². The van der Waals surface area contributed by atoms with Crippen LogP contribution < -0.4 is 0 Å². The molecule has 1 radical (unpaired) electrons. The number of aromatic amines is 1. The zero-order valence-corrected chi connectivity index (χ0v) is 8.08. The molecule has 0 unspecified atom stereocenters. The van der Waals surface area contributed by atoms with Crippen LogP contribution in [0.2, 0.25) is 0 Å². The first kappa shape index (κ1) is 9.90. The molecular weight excluding hydrogens is 211 g/mol. The molecule has 10 heavy (non-hydrogen) atoms. The van der Waals surface area contributed by atoms with Crippen LogP contribution in [0.4, 0.5) is 0 Å². The molecule has 0 amide bonds. The van der Waals surface area contributed by atoms with Crippen molar-refractivity contribution >= 4 is 0 Å². The SMILES string of the molecule is CCc1[c-]cc(CC)[nH]1.[Ru+]. The fraction of sp³-hybridized carbons (Fsp3) is 0.500. The Bertz CT molecular complexity index is 163. The van der Waals surface area contributed by atoms with Gasteiger partial charge in [0, 0.05) is 0 Å². The van der Waals surface area contributed by atoms with Crippen molar-refractivity contribution in [2.75, 3.05) is 0 Å². The number of aromatic nitrogens is 1. The van der Waals surface area contributed by atoms with Gasteiger partial charge in [-0.1, -0.05) is 26.0 Å². The van der Waals surface area contributed by atoms with Crippen molar-refractivity contribution in [3.63, 3.8) is 0 Å². The van der Waals surface area contributed by atoms with Gasteiger partial charge in [-0.3, -0.25) is 0 Å². The van der Waals surface area contributed by atoms with Gasteiger partial charge in [-0.25, -0.2) is 12.1 Å². The van der Waals surface area contributed by atoms with Crippen LogP contribution in [0.15, 0.2) is 6.07 Å². The predicted molar refractivity (Wildman–Crippen MR) is 38.4 cm³/mol. The van der Waals surface area contributed by atoms with Gasteiger partial charge in [0.1, 0.15) is 0 Å². The number of H-pyrrole nitrogens is 1. The third-order valence-corrected chi connectivity index (χ3v) is 1.47. The first-order chi connectivity index (χ1) is 4.36. The molecule has 1 rings (SSSR count). The van der Waals surface area contributed by atoms with Crippen molar-refractivity contribution in [2.24, 2.45) is 0 Å². The fourth-order valence-corrected chi connectivity index (χ4v) is 0.821. The Balaban J connectivity index is 0.000000810. The Morgan fingerprint density at radius 2 is 2.10 bits per heavy atom. The van der Waals surface area contributed by atoms with E-state index in [0.717, 1.165) is 12.8 Å². The Labute approximate surface area is 75.0 Å². The minimum atomic E-state index is 0. The molecule has 1 aromatic rings. The van der Waals surface area contributed by atoms with Gasteiger partial charge in [0.2, 0.25) is 0 Å². The summed E-state index contributed by atoms with van der Waals surface area (Å²) in [6.07, 6.45) is 2.14. The molecular formula is C8H12NRu. The van der Waals surface area contributed by atoms with Crippen LogP contribution in [0.25, 0.3) is 0 Å². The minimum Gasteiger partial charge on any atom is -0.455 e. The second kappa shape index (κ2) is 4.68. The fourth-order valence-electron chi connectivity index (χ4n) is 0.821. The summed E-state index contributed by atoms with van der Waals surface area (Å²) in [7, 11) is 0. The van der Waals surface area contributed by atoms with Gasteiger partial charge in [0.05, 0.1) is 0 Å². The van der Waals surface area contributed by atoms with Crippen LogP contribution in [-0.4, -0.2) is 4.98 Å². The predicted octanol–water partition coefficient (Wildman–Crippen LogP) is 1.94. The van der Waals surface area contributed by atoms with E-state index < -0.39 is 0 Å². The molecule has 0 aliphatic rings. The maximum Gasteiger partial charge on any atom is 1.00 e. The first-order valence-corrected chi connectivity index (χ1v) is 3.45. The summed E-state index contributed by atoms with van der Waals surface area (Å²) in [6, 6.07) is 5.18. The number of rotatable bonds is 2. The van der Waals surface area contributed by atoms with E-state index in [1.54, 1.807) is 0 Å². The maximum atomic E-state index is 3.26. The molecule has 0 saturated carbocycles. The van der Waals surface area contributed by atoms with Crippen LogP contribution in [0, 0.1) is 6.07 Å². The van der Waals surface area contributed by atoms with Gasteiger partial charge in [0.25, 0.3) is 0 Å². The van der Waals surface area contributed by atoms with Crippen molar-refractivity contribution < 1.29 is 19.5 Å². The van der Waals surface area contributed by atoms with Gasteiger partial charge in [0.15, 0.2) is 0 Å². The summed E-state index contributed by atoms with van der Waals surface area (Å²) in [5.74, 6) is 0. The van der Waals surface area contributed by atoms with Gasteiger partial charge in [-0.15, -0.1) is 5.69 Å². The summed E-state index contributed by atoms with van der Waals surface area (Å²) in [4.78, 5) is 3.26. The zero-order chi connectivity index (χ0) is 6.69. The van der Waals surface area contributed by atoms with Crippen molar-refractivity contribution in [3.05, 3.63) is 23.5 Å². The quantitative estimate of drug-likeness (QED) is 0.582. The summed E-state index contributed by atoms with van der Waals surface area (Å²) in [6.45, 7) is 4.26. The van der Waals surface area contributed by atoms with Crippen LogP contribution in [-0.2, 0) is 32.3 Å². The summed E-state index contributed by atoms with van der Waals surface area (Å²) in [5, 5.41) is 0. The smallest absolute Gasteiger partial charge is 0.455 e. The van der Waals surface area contributed by atoms with E-state index in [9.17, 15) is 0 Å². The zero-order valence-electron chi connectivity index (χ0n) is 6.35. The van der Waals surface area contributed by atoms with Crippen LogP contribution in [0.3, 0.4) is 0 Å². The van der Waals surface area contributed by atoms with Crippen LogP contribution in [0.1, 0.15) is 25.2 Å². The maximum absolute atomic E-state index is 3.26. The molecule has 0 bridgehead atoms. The second-order valence-electron chi connectivity index (χ2n) is 2.12. The second-order valence-corrected chi connectivity index (χ2v) is 2.12. The van der Waals surface area contributed by atoms with Crippen LogP contribution >= 0.6 is 0 Å². The standard InChI is InChI=1S/C8H12N.Ru/c1-3-7-5-6-8(4-2)9-7;/h5,9H,3-4H2,1-2H3;/q-1;+1. The number of aryl methyl sites for hydroxylation is 2. The molecule has 1 N–H and O–H groups in total. The summed E-state index contributed by atoms with van der Waals surface area (Å²) < 4.78 is 0. The number of nitrogens with one attached hydrogen (secondary N) is 1. The van der Waals surface area contributed by atoms with E-state index in [2.05, 4.69) is 24.9 Å². The van der Waals surface area contributed by atoms with Crippen molar-refractivity contribution in [1.82, 2.24) is 4.98 Å². The number of hydrogen-bond donors (Lipinski definition) is 1. The Hall–Kier alpha value is -0.0966. The topological polar surface area (TPSA) is 15.8 Å². The molecule has 0 aromatic carbocycles. The molecule has 0 aliphatic carbocycles. The van der Waals surface area contributed by atoms with E-state index in [0.29, 0.717) is 0 Å². The largest absolute Gasteiger partial charge is 1.00 e. The summed E-state index contributed by atoms with van der Waals surface area (Å²) >= 11 is 0. The first-order valence-electron chi connectivity index (χ1n) is 3.45. The average Bonchev–Trinajstić information content (AvgIpc) is 2.34. The Kier molecular flexibility index (Phi) is 4.63. The van der Waals surface area contributed by atoms with Crippen molar-refractivity contribution in [3.8, 4) is 0 Å². The molecule has 0 spiro atoms.